The van der Waals surface area contributed by atoms with Crippen LogP contribution in [0.15, 0.2) is 12.2 Å². The third-order valence-electron chi connectivity index (χ3n) is 12.0. The highest BCUT2D eigenvalue weighted by Crippen LogP contribution is 2.47. The highest BCUT2D eigenvalue weighted by molar-refractivity contribution is 4.87. The zero-order chi connectivity index (χ0) is 32.7. The number of ether oxygens (including phenoxy) is 2. The van der Waals surface area contributed by atoms with E-state index in [9.17, 15) is 0 Å². The molecule has 7 atom stereocenters. The summed E-state index contributed by atoms with van der Waals surface area (Å²) in [6, 6.07) is 0. The van der Waals surface area contributed by atoms with Crippen molar-refractivity contribution in [3.8, 4) is 0 Å². The number of likely N-dealkylation sites (N-methyl/N-ethyl adjacent to an activating group) is 1. The van der Waals surface area contributed by atoms with Gasteiger partial charge >= 0.3 is 0 Å². The van der Waals surface area contributed by atoms with Gasteiger partial charge < -0.3 is 14.4 Å². The first-order valence-electron chi connectivity index (χ1n) is 21.1. The van der Waals surface area contributed by atoms with Crippen molar-refractivity contribution in [1.82, 2.24) is 4.90 Å². The predicted molar refractivity (Wildman–Crippen MR) is 201 cm³/mol. The van der Waals surface area contributed by atoms with Crippen LogP contribution in [0, 0.1) is 35.5 Å². The van der Waals surface area contributed by atoms with E-state index in [-0.39, 0.29) is 6.10 Å². The Labute approximate surface area is 288 Å². The lowest BCUT2D eigenvalue weighted by atomic mass is 9.82. The number of hydrogen-bond donors (Lipinski definition) is 0. The van der Waals surface area contributed by atoms with Gasteiger partial charge in [-0.3, -0.25) is 0 Å². The molecule has 0 aromatic carbocycles. The van der Waals surface area contributed by atoms with E-state index >= 15 is 0 Å². The minimum atomic E-state index is 0.180. The average molecular weight is 644 g/mol. The molecule has 0 amide bonds. The van der Waals surface area contributed by atoms with Crippen LogP contribution in [-0.2, 0) is 9.47 Å². The topological polar surface area (TPSA) is 21.7 Å². The van der Waals surface area contributed by atoms with Crippen LogP contribution in [0.5, 0.6) is 0 Å². The third-order valence-corrected chi connectivity index (χ3v) is 12.0. The zero-order valence-electron chi connectivity index (χ0n) is 31.7. The Morgan fingerprint density at radius 3 is 1.74 bits per heavy atom. The highest BCUT2D eigenvalue weighted by Gasteiger charge is 2.36. The van der Waals surface area contributed by atoms with Crippen LogP contribution in [0.2, 0.25) is 0 Å². The number of hydrogen-bond acceptors (Lipinski definition) is 3. The fourth-order valence-corrected chi connectivity index (χ4v) is 8.72. The Hall–Kier alpha value is -0.380. The first-order valence-corrected chi connectivity index (χ1v) is 21.1. The summed E-state index contributed by atoms with van der Waals surface area (Å²) < 4.78 is 12.2. The van der Waals surface area contributed by atoms with Gasteiger partial charge in [0.1, 0.15) is 0 Å². The van der Waals surface area contributed by atoms with E-state index in [0.29, 0.717) is 6.61 Å². The molecule has 0 bridgehead atoms. The van der Waals surface area contributed by atoms with Gasteiger partial charge in [0.25, 0.3) is 0 Å². The van der Waals surface area contributed by atoms with Gasteiger partial charge in [-0.05, 0) is 81.7 Å². The van der Waals surface area contributed by atoms with Crippen molar-refractivity contribution in [3.05, 3.63) is 12.2 Å². The molecule has 0 spiro atoms. The van der Waals surface area contributed by atoms with Crippen molar-refractivity contribution in [2.24, 2.45) is 35.5 Å². The highest BCUT2D eigenvalue weighted by atomic mass is 16.5. The monoisotopic (exact) mass is 644 g/mol. The van der Waals surface area contributed by atoms with E-state index in [1.807, 2.05) is 0 Å². The van der Waals surface area contributed by atoms with Crippen molar-refractivity contribution in [1.29, 1.82) is 0 Å². The van der Waals surface area contributed by atoms with E-state index in [2.05, 4.69) is 45.0 Å². The molecule has 1 heterocycles. The lowest BCUT2D eigenvalue weighted by molar-refractivity contribution is -0.0223. The van der Waals surface area contributed by atoms with Gasteiger partial charge in [0, 0.05) is 13.2 Å². The van der Waals surface area contributed by atoms with Gasteiger partial charge in [0.15, 0.2) is 0 Å². The van der Waals surface area contributed by atoms with E-state index < -0.39 is 0 Å². The Morgan fingerprint density at radius 1 is 0.609 bits per heavy atom. The van der Waals surface area contributed by atoms with Gasteiger partial charge in [-0.25, -0.2) is 0 Å². The van der Waals surface area contributed by atoms with Gasteiger partial charge in [-0.2, -0.15) is 0 Å². The molecule has 0 aromatic heterocycles. The third kappa shape index (κ3) is 19.6. The average Bonchev–Trinajstić information content (AvgIpc) is 3.96. The molecular weight excluding hydrogens is 562 g/mol. The van der Waals surface area contributed by atoms with E-state index in [1.54, 1.807) is 6.42 Å². The van der Waals surface area contributed by atoms with Crippen LogP contribution in [-0.4, -0.2) is 51.5 Å². The summed E-state index contributed by atoms with van der Waals surface area (Å²) in [4.78, 5) is 2.22. The zero-order valence-corrected chi connectivity index (χ0v) is 31.7. The normalized spacial score (nSPS) is 33.9. The van der Waals surface area contributed by atoms with Crippen molar-refractivity contribution in [2.45, 2.75) is 187 Å². The van der Waals surface area contributed by atoms with Crippen LogP contribution in [0.25, 0.3) is 0 Å². The number of rotatable bonds is 4. The largest absolute Gasteiger partial charge is 0.375 e. The molecule has 7 unspecified atom stereocenters. The van der Waals surface area contributed by atoms with Gasteiger partial charge in [-0.1, -0.05) is 161 Å². The molecule has 0 N–H and O–H groups in total. The van der Waals surface area contributed by atoms with Crippen LogP contribution in [0.4, 0.5) is 0 Å². The molecule has 2 fully saturated rings. The van der Waals surface area contributed by atoms with Crippen LogP contribution in [0.3, 0.4) is 0 Å². The standard InChI is InChI=1S/C43H81NO2/c1-5-24-38-26-20-21-30-42-34-41(42)28-17-10-6-8-14-22-31-45-36-43(35-44(3)4)46-32-23-15-9-7-11-18-27-39-33-40(39)29-19-13-12-16-25-37(38)2/h14,22,37-43H,5-13,15-21,23-36H2,1-4H3. The van der Waals surface area contributed by atoms with E-state index in [1.165, 1.54) is 161 Å². The Bertz CT molecular complexity index is 736. The summed E-state index contributed by atoms with van der Waals surface area (Å²) in [6.45, 7) is 8.23. The molecule has 3 nitrogen and oxygen atoms in total. The first kappa shape index (κ1) is 40.1. The maximum Gasteiger partial charge on any atom is 0.0934 e. The van der Waals surface area contributed by atoms with Gasteiger partial charge in [0.05, 0.1) is 19.3 Å². The summed E-state index contributed by atoms with van der Waals surface area (Å²) in [6.07, 6.45) is 42.1. The van der Waals surface area contributed by atoms with E-state index in [0.717, 1.165) is 55.3 Å². The fourth-order valence-electron chi connectivity index (χ4n) is 8.72. The summed E-state index contributed by atoms with van der Waals surface area (Å²) in [7, 11) is 4.27. The Balaban J connectivity index is 1.33. The van der Waals surface area contributed by atoms with Crippen molar-refractivity contribution >= 4 is 0 Å². The molecule has 0 radical (unpaired) electrons. The summed E-state index contributed by atoms with van der Waals surface area (Å²) in [5.41, 5.74) is 0. The van der Waals surface area contributed by atoms with Gasteiger partial charge in [-0.15, -0.1) is 0 Å². The molecule has 270 valence electrons. The molecular formula is C43H81NO2. The Kier molecular flexibility index (Phi) is 22.3. The quantitative estimate of drug-likeness (QED) is 0.285. The maximum absolute atomic E-state index is 6.25. The molecule has 46 heavy (non-hydrogen) atoms. The van der Waals surface area contributed by atoms with Crippen molar-refractivity contribution in [2.75, 3.05) is 40.5 Å². The van der Waals surface area contributed by atoms with Crippen LogP contribution >= 0.6 is 0 Å². The summed E-state index contributed by atoms with van der Waals surface area (Å²) in [5.74, 6) is 6.23. The predicted octanol–water partition coefficient (Wildman–Crippen LogP) is 12.4. The summed E-state index contributed by atoms with van der Waals surface area (Å²) in [5, 5.41) is 0. The van der Waals surface area contributed by atoms with Gasteiger partial charge in [0.2, 0.25) is 0 Å². The molecule has 0 aromatic rings. The molecule has 3 aliphatic rings. The molecule has 0 saturated heterocycles. The minimum absolute atomic E-state index is 0.180. The second-order valence-electron chi connectivity index (χ2n) is 16.6. The molecule has 3 rings (SSSR count). The number of allylic oxidation sites excluding steroid dienone is 1. The molecule has 3 heteroatoms. The van der Waals surface area contributed by atoms with Crippen molar-refractivity contribution < 1.29 is 9.47 Å². The lowest BCUT2D eigenvalue weighted by Crippen LogP contribution is -2.32. The first-order chi connectivity index (χ1) is 22.6. The Morgan fingerprint density at radius 2 is 1.13 bits per heavy atom. The second-order valence-corrected chi connectivity index (χ2v) is 16.6. The molecule has 2 saturated carbocycles. The molecule has 1 aliphatic heterocycles. The number of fused-ring (bicyclic) bond motifs is 2. The van der Waals surface area contributed by atoms with E-state index in [4.69, 9.17) is 9.47 Å². The maximum atomic E-state index is 6.25. The molecule has 2 aliphatic carbocycles. The smallest absolute Gasteiger partial charge is 0.0934 e. The van der Waals surface area contributed by atoms with Crippen LogP contribution < -0.4 is 0 Å². The van der Waals surface area contributed by atoms with Crippen LogP contribution in [0.1, 0.15) is 181 Å². The number of nitrogens with zero attached hydrogens (tertiary/aromatic N) is 1. The lowest BCUT2D eigenvalue weighted by Gasteiger charge is -2.24. The second kappa shape index (κ2) is 25.6. The summed E-state index contributed by atoms with van der Waals surface area (Å²) >= 11 is 0. The fraction of sp³-hybridized carbons (Fsp3) is 0.953. The minimum Gasteiger partial charge on any atom is -0.375 e. The SMILES string of the molecule is CCCC1CCCCC2CC2CCCCCC=CCOCC(CN(C)C)OCCCCCCCCC2CC2CCCCCCC1C. The van der Waals surface area contributed by atoms with Crippen molar-refractivity contribution in [3.63, 3.8) is 0 Å².